The molecule has 4 nitrogen and oxygen atoms in total. The minimum Gasteiger partial charge on any atom is -0.295 e. The Kier molecular flexibility index (Phi) is 4.70. The number of ketones is 1. The van der Waals surface area contributed by atoms with Crippen LogP contribution in [0.4, 0.5) is 0 Å². The van der Waals surface area contributed by atoms with Crippen LogP contribution < -0.4 is 0 Å². The van der Waals surface area contributed by atoms with Gasteiger partial charge in [0.15, 0.2) is 11.4 Å². The van der Waals surface area contributed by atoms with Gasteiger partial charge in [-0.2, -0.15) is 0 Å². The van der Waals surface area contributed by atoms with E-state index < -0.39 is 0 Å². The van der Waals surface area contributed by atoms with Crippen molar-refractivity contribution in [2.24, 2.45) is 0 Å². The van der Waals surface area contributed by atoms with Crippen LogP contribution in [0, 0.1) is 11.8 Å². The van der Waals surface area contributed by atoms with Gasteiger partial charge in [0, 0.05) is 18.0 Å². The second-order valence-corrected chi connectivity index (χ2v) is 4.88. The molecule has 22 heavy (non-hydrogen) atoms. The molecule has 0 unspecified atom stereocenters. The highest BCUT2D eigenvalue weighted by molar-refractivity contribution is 5.93. The van der Waals surface area contributed by atoms with E-state index in [0.29, 0.717) is 5.57 Å². The van der Waals surface area contributed by atoms with Crippen LogP contribution in [-0.2, 0) is 4.79 Å². The topological polar surface area (TPSA) is 47.3 Å². The van der Waals surface area contributed by atoms with E-state index in [2.05, 4.69) is 28.4 Å². The average molecular weight is 291 g/mol. The minimum absolute atomic E-state index is 0.0250. The number of imidazole rings is 1. The number of nitrogens with zero attached hydrogens (tertiary/aromatic N) is 3. The molecule has 2 rings (SSSR count). The lowest BCUT2D eigenvalue weighted by molar-refractivity contribution is -0.113. The average Bonchev–Trinajstić information content (AvgIpc) is 2.93. The summed E-state index contributed by atoms with van der Waals surface area (Å²) in [5.74, 6) is 6.21. The van der Waals surface area contributed by atoms with Crippen molar-refractivity contribution < 1.29 is 4.79 Å². The molecule has 0 aliphatic heterocycles. The summed E-state index contributed by atoms with van der Waals surface area (Å²) in [6.07, 6.45) is 10.4. The van der Waals surface area contributed by atoms with Crippen molar-refractivity contribution in [3.63, 3.8) is 0 Å². The SMILES string of the molecule is C=C/C(C)=C(C#Cc1cnc2cnccn12)\C=C(/C)C(C)=O. The molecule has 0 atom stereocenters. The summed E-state index contributed by atoms with van der Waals surface area (Å²) in [4.78, 5) is 19.7. The largest absolute Gasteiger partial charge is 0.295 e. The lowest BCUT2D eigenvalue weighted by Crippen LogP contribution is -1.93. The van der Waals surface area contributed by atoms with Gasteiger partial charge in [-0.1, -0.05) is 18.6 Å². The van der Waals surface area contributed by atoms with Gasteiger partial charge in [0.05, 0.1) is 12.4 Å². The number of rotatable bonds is 3. The fourth-order valence-electron chi connectivity index (χ4n) is 1.74. The minimum atomic E-state index is 0.0250. The first-order chi connectivity index (χ1) is 10.5. The van der Waals surface area contributed by atoms with Crippen molar-refractivity contribution in [3.05, 3.63) is 65.9 Å². The number of allylic oxidation sites excluding steroid dienone is 5. The lowest BCUT2D eigenvalue weighted by Gasteiger charge is -1.99. The number of hydrogen-bond acceptors (Lipinski definition) is 3. The number of carbonyl (C=O) groups excluding carboxylic acids is 1. The van der Waals surface area contributed by atoms with E-state index in [1.54, 1.807) is 37.7 Å². The zero-order valence-electron chi connectivity index (χ0n) is 12.9. The van der Waals surface area contributed by atoms with Gasteiger partial charge in [-0.25, -0.2) is 4.98 Å². The van der Waals surface area contributed by atoms with E-state index in [1.165, 1.54) is 6.92 Å². The van der Waals surface area contributed by atoms with Crippen LogP contribution in [0.5, 0.6) is 0 Å². The first kappa shape index (κ1) is 15.5. The number of fused-ring (bicyclic) bond motifs is 1. The van der Waals surface area contributed by atoms with Crippen LogP contribution in [0.1, 0.15) is 26.5 Å². The Labute approximate surface area is 129 Å². The monoisotopic (exact) mass is 291 g/mol. The van der Waals surface area contributed by atoms with Gasteiger partial charge < -0.3 is 0 Å². The quantitative estimate of drug-likeness (QED) is 0.496. The zero-order chi connectivity index (χ0) is 16.1. The van der Waals surface area contributed by atoms with Crippen LogP contribution in [0.3, 0.4) is 0 Å². The van der Waals surface area contributed by atoms with E-state index in [1.807, 2.05) is 17.5 Å². The molecule has 0 aromatic carbocycles. The molecule has 0 spiro atoms. The van der Waals surface area contributed by atoms with Gasteiger partial charge in [0.2, 0.25) is 0 Å². The van der Waals surface area contributed by atoms with Gasteiger partial charge >= 0.3 is 0 Å². The molecule has 0 aliphatic carbocycles. The Bertz CT molecular complexity index is 857. The van der Waals surface area contributed by atoms with E-state index in [9.17, 15) is 4.79 Å². The molecule has 0 saturated carbocycles. The zero-order valence-corrected chi connectivity index (χ0v) is 12.9. The molecule has 0 saturated heterocycles. The summed E-state index contributed by atoms with van der Waals surface area (Å²) in [6.45, 7) is 9.00. The maximum absolute atomic E-state index is 11.4. The maximum atomic E-state index is 11.4. The molecule has 0 aliphatic rings. The van der Waals surface area contributed by atoms with Gasteiger partial charge in [-0.3, -0.25) is 14.2 Å². The Morgan fingerprint density at radius 2 is 2.09 bits per heavy atom. The van der Waals surface area contributed by atoms with Gasteiger partial charge in [-0.15, -0.1) is 0 Å². The van der Waals surface area contributed by atoms with E-state index in [4.69, 9.17) is 0 Å². The van der Waals surface area contributed by atoms with Crippen LogP contribution in [0.25, 0.3) is 5.65 Å². The highest BCUT2D eigenvalue weighted by Crippen LogP contribution is 2.10. The van der Waals surface area contributed by atoms with E-state index in [-0.39, 0.29) is 5.78 Å². The Balaban J connectivity index is 2.48. The van der Waals surface area contributed by atoms with Gasteiger partial charge in [0.1, 0.15) is 5.69 Å². The fraction of sp³-hybridized carbons (Fsp3) is 0.167. The third-order valence-corrected chi connectivity index (χ3v) is 3.29. The Hall–Kier alpha value is -2.93. The molecular formula is C18H17N3O. The summed E-state index contributed by atoms with van der Waals surface area (Å²) < 4.78 is 1.86. The van der Waals surface area contributed by atoms with Crippen molar-refractivity contribution >= 4 is 11.4 Å². The van der Waals surface area contributed by atoms with Crippen molar-refractivity contribution in [1.82, 2.24) is 14.4 Å². The number of hydrogen-bond donors (Lipinski definition) is 0. The predicted molar refractivity (Wildman–Crippen MR) is 87.2 cm³/mol. The van der Waals surface area contributed by atoms with E-state index in [0.717, 1.165) is 22.5 Å². The molecule has 0 amide bonds. The van der Waals surface area contributed by atoms with E-state index >= 15 is 0 Å². The summed E-state index contributed by atoms with van der Waals surface area (Å²) in [7, 11) is 0. The third kappa shape index (κ3) is 3.39. The molecule has 0 N–H and O–H groups in total. The molecule has 2 aromatic heterocycles. The highest BCUT2D eigenvalue weighted by Gasteiger charge is 2.01. The summed E-state index contributed by atoms with van der Waals surface area (Å²) >= 11 is 0. The molecule has 110 valence electrons. The van der Waals surface area contributed by atoms with Crippen LogP contribution >= 0.6 is 0 Å². The molecule has 0 fully saturated rings. The standard InChI is InChI=1S/C18H17N3O/c1-5-13(2)16(10-14(3)15(4)22)6-7-17-11-20-18-12-19-8-9-21(17)18/h5,8-12H,1H2,2-4H3/b14-10+,16-13-. The molecule has 4 heteroatoms. The summed E-state index contributed by atoms with van der Waals surface area (Å²) in [5, 5.41) is 0. The lowest BCUT2D eigenvalue weighted by atomic mass is 10.1. The smallest absolute Gasteiger partial charge is 0.156 e. The van der Waals surface area contributed by atoms with Gasteiger partial charge in [0.25, 0.3) is 0 Å². The van der Waals surface area contributed by atoms with Crippen LogP contribution in [0.15, 0.2) is 60.2 Å². The molecule has 2 heterocycles. The van der Waals surface area contributed by atoms with Crippen LogP contribution in [0.2, 0.25) is 0 Å². The molecule has 0 radical (unpaired) electrons. The van der Waals surface area contributed by atoms with Crippen molar-refractivity contribution in [1.29, 1.82) is 0 Å². The maximum Gasteiger partial charge on any atom is 0.156 e. The van der Waals surface area contributed by atoms with Crippen molar-refractivity contribution in [3.8, 4) is 11.8 Å². The number of aromatic nitrogens is 3. The second-order valence-electron chi connectivity index (χ2n) is 4.88. The first-order valence-electron chi connectivity index (χ1n) is 6.84. The van der Waals surface area contributed by atoms with Gasteiger partial charge in [-0.05, 0) is 43.9 Å². The van der Waals surface area contributed by atoms with Crippen molar-refractivity contribution in [2.75, 3.05) is 0 Å². The Morgan fingerprint density at radius 3 is 2.77 bits per heavy atom. The van der Waals surface area contributed by atoms with Crippen molar-refractivity contribution in [2.45, 2.75) is 20.8 Å². The highest BCUT2D eigenvalue weighted by atomic mass is 16.1. The first-order valence-corrected chi connectivity index (χ1v) is 6.84. The summed E-state index contributed by atoms with van der Waals surface area (Å²) in [5.41, 5.74) is 3.86. The molecule has 0 bridgehead atoms. The van der Waals surface area contributed by atoms with Crippen LogP contribution in [-0.4, -0.2) is 20.2 Å². The summed E-state index contributed by atoms with van der Waals surface area (Å²) in [6, 6.07) is 0. The third-order valence-electron chi connectivity index (χ3n) is 3.29. The predicted octanol–water partition coefficient (Wildman–Crippen LogP) is 3.12. The number of Topliss-reactive ketones (excluding diaryl/α,β-unsaturated/α-hetero) is 1. The fourth-order valence-corrected chi connectivity index (χ4v) is 1.74. The molecular weight excluding hydrogens is 274 g/mol. The second kappa shape index (κ2) is 6.68. The number of carbonyl (C=O) groups is 1. The molecule has 2 aromatic rings. The Morgan fingerprint density at radius 1 is 1.32 bits per heavy atom. The normalized spacial score (nSPS) is 12.4.